The lowest BCUT2D eigenvalue weighted by Crippen LogP contribution is -2.30. The second-order valence-corrected chi connectivity index (χ2v) is 11.2. The van der Waals surface area contributed by atoms with Crippen LogP contribution in [0.2, 0.25) is 0 Å². The van der Waals surface area contributed by atoms with Crippen molar-refractivity contribution in [1.29, 1.82) is 0 Å². The van der Waals surface area contributed by atoms with E-state index in [-0.39, 0.29) is 11.8 Å². The first kappa shape index (κ1) is 32.7. The van der Waals surface area contributed by atoms with E-state index in [2.05, 4.69) is 10.6 Å². The minimum Gasteiger partial charge on any atom is -0.321 e. The first-order valence-electron chi connectivity index (χ1n) is 14.1. The van der Waals surface area contributed by atoms with Crippen LogP contribution in [0.1, 0.15) is 26.7 Å². The second kappa shape index (κ2) is 15.1. The van der Waals surface area contributed by atoms with Crippen molar-refractivity contribution in [2.24, 2.45) is 0 Å². The number of carbonyl (C=O) groups excluding carboxylic acids is 3. The average Bonchev–Trinajstić information content (AvgIpc) is 3.09. The van der Waals surface area contributed by atoms with Gasteiger partial charge in [0.15, 0.2) is 23.3 Å². The number of rotatable bonds is 10. The van der Waals surface area contributed by atoms with Crippen molar-refractivity contribution in [1.82, 2.24) is 5.32 Å². The Kier molecular flexibility index (Phi) is 10.5. The van der Waals surface area contributed by atoms with Gasteiger partial charge in [-0.15, -0.1) is 11.8 Å². The van der Waals surface area contributed by atoms with Crippen molar-refractivity contribution >= 4 is 46.9 Å². The second-order valence-electron chi connectivity index (χ2n) is 10.0. The molecule has 0 heterocycles. The van der Waals surface area contributed by atoms with E-state index in [0.717, 1.165) is 11.8 Å². The van der Waals surface area contributed by atoms with Crippen molar-refractivity contribution in [2.75, 3.05) is 10.6 Å². The Hall–Kier alpha value is -5.68. The van der Waals surface area contributed by atoms with Crippen molar-refractivity contribution < 1.29 is 31.9 Å². The van der Waals surface area contributed by atoms with Crippen LogP contribution in [0.3, 0.4) is 0 Å². The summed E-state index contributed by atoms with van der Waals surface area (Å²) >= 11 is 1.01. The topological polar surface area (TPSA) is 87.3 Å². The van der Waals surface area contributed by atoms with Crippen molar-refractivity contribution in [3.8, 4) is 0 Å². The van der Waals surface area contributed by atoms with Gasteiger partial charge in [-0.2, -0.15) is 0 Å². The first-order chi connectivity index (χ1) is 22.7. The lowest BCUT2D eigenvalue weighted by molar-refractivity contribution is -0.116. The zero-order valence-corrected chi connectivity index (χ0v) is 25.2. The van der Waals surface area contributed by atoms with E-state index in [1.165, 1.54) is 0 Å². The molecule has 5 aromatic rings. The molecule has 236 valence electrons. The molecule has 0 aliphatic rings. The zero-order valence-electron chi connectivity index (χ0n) is 24.3. The fraction of sp³-hybridized carbons (Fsp3) is 0.0278. The van der Waals surface area contributed by atoms with Crippen LogP contribution in [0, 0.1) is 23.3 Å². The molecule has 5 aromatic carbocycles. The number of nitrogens with one attached hydrogen (secondary N) is 3. The summed E-state index contributed by atoms with van der Waals surface area (Å²) in [6, 6.07) is 32.1. The standard InChI is InChI=1S/C36H25F4N3O3S/c37-27-21-28(38)31(40)32(30(27)39)43-36(46)33(23-12-6-2-7-13-23)47-26-18-16-25(17-19-26)41-35(45)29(20-22-10-4-1-5-11-22)42-34(44)24-14-8-3-9-15-24/h1-21,33H,(H,41,45)(H,42,44)(H,43,46)/b29-20-. The third-order valence-electron chi connectivity index (χ3n) is 6.71. The fourth-order valence-electron chi connectivity index (χ4n) is 4.38. The number of thioether (sulfide) groups is 1. The van der Waals surface area contributed by atoms with Crippen LogP contribution in [-0.2, 0) is 9.59 Å². The van der Waals surface area contributed by atoms with Gasteiger partial charge in [0.05, 0.1) is 0 Å². The molecule has 3 N–H and O–H groups in total. The van der Waals surface area contributed by atoms with Gasteiger partial charge in [0.1, 0.15) is 16.6 Å². The Balaban J connectivity index is 1.34. The SMILES string of the molecule is O=C(Nc1ccc(SC(C(=O)Nc2c(F)c(F)cc(F)c2F)c2ccccc2)cc1)/C(=C/c1ccccc1)NC(=O)c1ccccc1. The third-order valence-corrected chi connectivity index (χ3v) is 7.97. The Morgan fingerprint density at radius 1 is 0.660 bits per heavy atom. The predicted octanol–water partition coefficient (Wildman–Crippen LogP) is 8.12. The summed E-state index contributed by atoms with van der Waals surface area (Å²) < 4.78 is 56.2. The number of carbonyl (C=O) groups is 3. The molecule has 0 saturated heterocycles. The Morgan fingerprint density at radius 2 is 1.21 bits per heavy atom. The molecule has 47 heavy (non-hydrogen) atoms. The van der Waals surface area contributed by atoms with Crippen LogP contribution in [-0.4, -0.2) is 17.7 Å². The molecule has 6 nitrogen and oxygen atoms in total. The third kappa shape index (κ3) is 8.33. The average molecular weight is 656 g/mol. The van der Waals surface area contributed by atoms with E-state index < -0.39 is 51.9 Å². The van der Waals surface area contributed by atoms with Crippen LogP contribution in [0.4, 0.5) is 28.9 Å². The van der Waals surface area contributed by atoms with Crippen molar-refractivity contribution in [3.63, 3.8) is 0 Å². The van der Waals surface area contributed by atoms with Crippen molar-refractivity contribution in [3.05, 3.63) is 167 Å². The summed E-state index contributed by atoms with van der Waals surface area (Å²) in [4.78, 5) is 40.0. The molecule has 3 amide bonds. The summed E-state index contributed by atoms with van der Waals surface area (Å²) in [5, 5.41) is 6.31. The summed E-state index contributed by atoms with van der Waals surface area (Å²) in [5.74, 6) is -8.74. The van der Waals surface area contributed by atoms with Crippen LogP contribution in [0.25, 0.3) is 6.08 Å². The molecule has 0 aliphatic heterocycles. The van der Waals surface area contributed by atoms with E-state index in [1.54, 1.807) is 115 Å². The Labute approximate surface area is 271 Å². The number of benzene rings is 5. The molecule has 0 spiro atoms. The molecule has 0 fully saturated rings. The lowest BCUT2D eigenvalue weighted by atomic mass is 10.1. The summed E-state index contributed by atoms with van der Waals surface area (Å²) in [6.07, 6.45) is 1.54. The quantitative estimate of drug-likeness (QED) is 0.0614. The molecule has 0 aromatic heterocycles. The highest BCUT2D eigenvalue weighted by molar-refractivity contribution is 8.00. The zero-order chi connectivity index (χ0) is 33.3. The predicted molar refractivity (Wildman–Crippen MR) is 173 cm³/mol. The van der Waals surface area contributed by atoms with Gasteiger partial charge in [0.25, 0.3) is 11.8 Å². The lowest BCUT2D eigenvalue weighted by Gasteiger charge is -2.18. The Bertz CT molecular complexity index is 1900. The van der Waals surface area contributed by atoms with E-state index in [1.807, 2.05) is 11.4 Å². The van der Waals surface area contributed by atoms with Gasteiger partial charge in [-0.25, -0.2) is 17.6 Å². The maximum Gasteiger partial charge on any atom is 0.272 e. The van der Waals surface area contributed by atoms with Gasteiger partial charge in [0, 0.05) is 22.2 Å². The highest BCUT2D eigenvalue weighted by atomic mass is 32.2. The largest absolute Gasteiger partial charge is 0.321 e. The number of amides is 3. The van der Waals surface area contributed by atoms with Gasteiger partial charge in [-0.05, 0) is 53.6 Å². The van der Waals surface area contributed by atoms with E-state index in [0.29, 0.717) is 27.3 Å². The van der Waals surface area contributed by atoms with E-state index in [4.69, 9.17) is 0 Å². The Morgan fingerprint density at radius 3 is 1.81 bits per heavy atom. The minimum absolute atomic E-state index is 0.00225. The molecule has 1 unspecified atom stereocenters. The molecular weight excluding hydrogens is 630 g/mol. The molecule has 0 saturated carbocycles. The van der Waals surface area contributed by atoms with Crippen LogP contribution in [0.5, 0.6) is 0 Å². The number of hydrogen-bond acceptors (Lipinski definition) is 4. The summed E-state index contributed by atoms with van der Waals surface area (Å²) in [6.45, 7) is 0. The van der Waals surface area contributed by atoms with Crippen LogP contribution in [0.15, 0.2) is 132 Å². The van der Waals surface area contributed by atoms with Gasteiger partial charge in [0.2, 0.25) is 5.91 Å². The minimum atomic E-state index is -1.73. The first-order valence-corrected chi connectivity index (χ1v) is 15.0. The smallest absolute Gasteiger partial charge is 0.272 e. The highest BCUT2D eigenvalue weighted by Gasteiger charge is 2.27. The van der Waals surface area contributed by atoms with Gasteiger partial charge in [-0.1, -0.05) is 78.9 Å². The normalized spacial score (nSPS) is 11.8. The number of hydrogen-bond donors (Lipinski definition) is 3. The molecule has 1 atom stereocenters. The number of anilines is 2. The molecule has 5 rings (SSSR count). The monoisotopic (exact) mass is 655 g/mol. The fourth-order valence-corrected chi connectivity index (χ4v) is 5.41. The maximum absolute atomic E-state index is 14.3. The summed E-state index contributed by atoms with van der Waals surface area (Å²) in [5.41, 5.74) is 0.639. The van der Waals surface area contributed by atoms with Gasteiger partial charge in [-0.3, -0.25) is 14.4 Å². The number of halogens is 4. The van der Waals surface area contributed by atoms with E-state index >= 15 is 0 Å². The van der Waals surface area contributed by atoms with Crippen LogP contribution < -0.4 is 16.0 Å². The molecule has 11 heteroatoms. The van der Waals surface area contributed by atoms with Crippen LogP contribution >= 0.6 is 11.8 Å². The van der Waals surface area contributed by atoms with E-state index in [9.17, 15) is 31.9 Å². The highest BCUT2D eigenvalue weighted by Crippen LogP contribution is 2.37. The molecule has 0 bridgehead atoms. The molecule has 0 aliphatic carbocycles. The van der Waals surface area contributed by atoms with Gasteiger partial charge < -0.3 is 16.0 Å². The maximum atomic E-state index is 14.3. The molecule has 0 radical (unpaired) electrons. The summed E-state index contributed by atoms with van der Waals surface area (Å²) in [7, 11) is 0. The van der Waals surface area contributed by atoms with Crippen molar-refractivity contribution in [2.45, 2.75) is 10.1 Å². The van der Waals surface area contributed by atoms with Gasteiger partial charge >= 0.3 is 0 Å². The molecular formula is C36H25F4N3O3S.